The highest BCUT2D eigenvalue weighted by Crippen LogP contribution is 2.19. The number of hydrogen-bond donors (Lipinski definition) is 2. The Morgan fingerprint density at radius 3 is 2.62 bits per heavy atom. The van der Waals surface area contributed by atoms with Crippen LogP contribution in [0.1, 0.15) is 23.4 Å². The second kappa shape index (κ2) is 7.27. The van der Waals surface area contributed by atoms with Crippen molar-refractivity contribution in [2.75, 3.05) is 19.6 Å². The quantitative estimate of drug-likeness (QED) is 0.853. The Labute approximate surface area is 139 Å². The average Bonchev–Trinajstić information content (AvgIpc) is 3.07. The number of primary amides is 1. The summed E-state index contributed by atoms with van der Waals surface area (Å²) in [7, 11) is 0. The van der Waals surface area contributed by atoms with Crippen LogP contribution in [0, 0.1) is 0 Å². The lowest BCUT2D eigenvalue weighted by Gasteiger charge is -2.31. The number of amides is 2. The number of nitrogens with two attached hydrogens (primary N) is 1. The molecule has 0 radical (unpaired) electrons. The second-order valence-corrected chi connectivity index (χ2v) is 5.93. The highest BCUT2D eigenvalue weighted by Gasteiger charge is 2.23. The third-order valence-corrected chi connectivity index (χ3v) is 4.11. The molecule has 0 aliphatic carbocycles. The first-order chi connectivity index (χ1) is 11.6. The molecule has 7 heteroatoms. The number of nitrogens with one attached hydrogen (secondary N) is 1. The predicted molar refractivity (Wildman–Crippen MR) is 88.1 cm³/mol. The van der Waals surface area contributed by atoms with Crippen LogP contribution in [0.15, 0.2) is 40.9 Å². The topological polar surface area (TPSA) is 101 Å². The smallest absolute Gasteiger partial charge is 0.290 e. The maximum atomic E-state index is 12.3. The van der Waals surface area contributed by atoms with Gasteiger partial charge in [0.1, 0.15) is 5.69 Å². The Morgan fingerprint density at radius 2 is 1.96 bits per heavy atom. The lowest BCUT2D eigenvalue weighted by Crippen LogP contribution is -2.46. The van der Waals surface area contributed by atoms with Gasteiger partial charge in [0.2, 0.25) is 11.7 Å². The van der Waals surface area contributed by atoms with Gasteiger partial charge in [-0.3, -0.25) is 14.5 Å². The summed E-state index contributed by atoms with van der Waals surface area (Å²) in [5, 5.41) is 6.91. The van der Waals surface area contributed by atoms with Gasteiger partial charge in [-0.05, 0) is 12.8 Å². The van der Waals surface area contributed by atoms with Gasteiger partial charge >= 0.3 is 0 Å². The molecule has 1 saturated heterocycles. The summed E-state index contributed by atoms with van der Waals surface area (Å²) >= 11 is 0. The summed E-state index contributed by atoms with van der Waals surface area (Å²) in [6.07, 6.45) is 1.55. The summed E-state index contributed by atoms with van der Waals surface area (Å²) in [5.74, 6) is -0.390. The van der Waals surface area contributed by atoms with Crippen LogP contribution in [-0.4, -0.2) is 47.5 Å². The molecule has 0 spiro atoms. The number of carbonyl (C=O) groups excluding carboxylic acids is 2. The third-order valence-electron chi connectivity index (χ3n) is 4.11. The van der Waals surface area contributed by atoms with E-state index in [0.717, 1.165) is 31.5 Å². The fourth-order valence-electron chi connectivity index (χ4n) is 2.84. The van der Waals surface area contributed by atoms with Crippen molar-refractivity contribution >= 4 is 11.8 Å². The molecule has 24 heavy (non-hydrogen) atoms. The van der Waals surface area contributed by atoms with E-state index < -0.39 is 0 Å². The minimum absolute atomic E-state index is 0.0619. The molecule has 126 valence electrons. The van der Waals surface area contributed by atoms with Crippen LogP contribution in [0.5, 0.6) is 0 Å². The van der Waals surface area contributed by atoms with Crippen LogP contribution in [-0.2, 0) is 4.79 Å². The van der Waals surface area contributed by atoms with Gasteiger partial charge in [-0.1, -0.05) is 35.5 Å². The van der Waals surface area contributed by atoms with E-state index in [0.29, 0.717) is 5.69 Å². The van der Waals surface area contributed by atoms with Crippen molar-refractivity contribution in [3.63, 3.8) is 0 Å². The highest BCUT2D eigenvalue weighted by molar-refractivity contribution is 5.92. The third kappa shape index (κ3) is 3.99. The molecule has 1 aromatic carbocycles. The number of benzene rings is 1. The summed E-state index contributed by atoms with van der Waals surface area (Å²) < 4.78 is 5.16. The summed E-state index contributed by atoms with van der Waals surface area (Å²) in [5.41, 5.74) is 6.73. The number of rotatable bonds is 5. The minimum Gasteiger partial charge on any atom is -0.369 e. The molecule has 2 heterocycles. The van der Waals surface area contributed by atoms with Crippen molar-refractivity contribution < 1.29 is 14.1 Å². The molecule has 0 unspecified atom stereocenters. The predicted octanol–water partition coefficient (Wildman–Crippen LogP) is 1.02. The first kappa shape index (κ1) is 16.2. The minimum atomic E-state index is -0.326. The molecule has 3 N–H and O–H groups in total. The number of nitrogens with zero attached hydrogens (tertiary/aromatic N) is 2. The van der Waals surface area contributed by atoms with Gasteiger partial charge in [0.25, 0.3) is 5.91 Å². The molecule has 7 nitrogen and oxygen atoms in total. The number of hydrogen-bond acceptors (Lipinski definition) is 5. The molecule has 1 fully saturated rings. The van der Waals surface area contributed by atoms with Gasteiger partial charge in [-0.25, -0.2) is 0 Å². The SMILES string of the molecule is NC(=O)CN1CCC(NC(=O)c2cc(-c3ccccc3)no2)CC1. The lowest BCUT2D eigenvalue weighted by molar-refractivity contribution is -0.119. The number of likely N-dealkylation sites (tertiary alicyclic amines) is 1. The summed E-state index contributed by atoms with van der Waals surface area (Å²) in [6, 6.07) is 11.3. The van der Waals surface area contributed by atoms with Crippen molar-refractivity contribution in [2.24, 2.45) is 5.73 Å². The van der Waals surface area contributed by atoms with E-state index in [1.165, 1.54) is 0 Å². The molecule has 0 saturated carbocycles. The van der Waals surface area contributed by atoms with Crippen molar-refractivity contribution in [1.82, 2.24) is 15.4 Å². The average molecular weight is 328 g/mol. The zero-order chi connectivity index (χ0) is 16.9. The van der Waals surface area contributed by atoms with E-state index in [2.05, 4.69) is 10.5 Å². The number of aromatic nitrogens is 1. The molecule has 1 aliphatic heterocycles. The van der Waals surface area contributed by atoms with E-state index in [1.807, 2.05) is 35.2 Å². The molecule has 0 atom stereocenters. The molecule has 1 aromatic heterocycles. The Kier molecular flexibility index (Phi) is 4.90. The van der Waals surface area contributed by atoms with E-state index in [-0.39, 0.29) is 30.2 Å². The fraction of sp³-hybridized carbons (Fsp3) is 0.353. The Morgan fingerprint density at radius 1 is 1.25 bits per heavy atom. The number of carbonyl (C=O) groups is 2. The van der Waals surface area contributed by atoms with Crippen LogP contribution >= 0.6 is 0 Å². The van der Waals surface area contributed by atoms with Gasteiger partial charge in [0.15, 0.2) is 0 Å². The molecule has 1 aliphatic rings. The molecule has 2 aromatic rings. The second-order valence-electron chi connectivity index (χ2n) is 5.93. The highest BCUT2D eigenvalue weighted by atomic mass is 16.5. The van der Waals surface area contributed by atoms with E-state index in [9.17, 15) is 9.59 Å². The van der Waals surface area contributed by atoms with Gasteiger partial charge in [0, 0.05) is 30.8 Å². The van der Waals surface area contributed by atoms with Crippen molar-refractivity contribution in [3.05, 3.63) is 42.2 Å². The van der Waals surface area contributed by atoms with Crippen molar-refractivity contribution in [2.45, 2.75) is 18.9 Å². The first-order valence-corrected chi connectivity index (χ1v) is 7.95. The molecular weight excluding hydrogens is 308 g/mol. The molecule has 0 bridgehead atoms. The van der Waals surface area contributed by atoms with Crippen LogP contribution in [0.4, 0.5) is 0 Å². The standard InChI is InChI=1S/C17H20N4O3/c18-16(22)11-21-8-6-13(7-9-21)19-17(23)15-10-14(20-24-15)12-4-2-1-3-5-12/h1-5,10,13H,6-9,11H2,(H2,18,22)(H,19,23). The van der Waals surface area contributed by atoms with Gasteiger partial charge < -0.3 is 15.6 Å². The molecule has 2 amide bonds. The van der Waals surface area contributed by atoms with E-state index in [1.54, 1.807) is 6.07 Å². The maximum absolute atomic E-state index is 12.3. The zero-order valence-corrected chi connectivity index (χ0v) is 13.3. The Bertz CT molecular complexity index is 706. The first-order valence-electron chi connectivity index (χ1n) is 7.95. The monoisotopic (exact) mass is 328 g/mol. The maximum Gasteiger partial charge on any atom is 0.290 e. The van der Waals surface area contributed by atoms with Gasteiger partial charge in [0.05, 0.1) is 6.54 Å². The van der Waals surface area contributed by atoms with Crippen LogP contribution in [0.3, 0.4) is 0 Å². The van der Waals surface area contributed by atoms with Crippen molar-refractivity contribution in [3.8, 4) is 11.3 Å². The van der Waals surface area contributed by atoms with Gasteiger partial charge in [-0.15, -0.1) is 0 Å². The Hall–Kier alpha value is -2.67. The van der Waals surface area contributed by atoms with E-state index >= 15 is 0 Å². The summed E-state index contributed by atoms with van der Waals surface area (Å²) in [6.45, 7) is 1.74. The fourth-order valence-corrected chi connectivity index (χ4v) is 2.84. The lowest BCUT2D eigenvalue weighted by atomic mass is 10.0. The van der Waals surface area contributed by atoms with Crippen molar-refractivity contribution in [1.29, 1.82) is 0 Å². The number of piperidine rings is 1. The zero-order valence-electron chi connectivity index (χ0n) is 13.3. The van der Waals surface area contributed by atoms with Gasteiger partial charge in [-0.2, -0.15) is 0 Å². The summed E-state index contributed by atoms with van der Waals surface area (Å²) in [4.78, 5) is 25.2. The molecule has 3 rings (SSSR count). The normalized spacial score (nSPS) is 16.0. The molecular formula is C17H20N4O3. The Balaban J connectivity index is 1.55. The van der Waals surface area contributed by atoms with E-state index in [4.69, 9.17) is 10.3 Å². The van der Waals surface area contributed by atoms with Crippen LogP contribution in [0.2, 0.25) is 0 Å². The van der Waals surface area contributed by atoms with Crippen LogP contribution in [0.25, 0.3) is 11.3 Å². The van der Waals surface area contributed by atoms with Crippen LogP contribution < -0.4 is 11.1 Å². The largest absolute Gasteiger partial charge is 0.369 e.